The third-order valence-corrected chi connectivity index (χ3v) is 6.69. The number of nitrogens with zero attached hydrogens (tertiary/aromatic N) is 1. The van der Waals surface area contributed by atoms with Gasteiger partial charge in [-0.05, 0) is 93.5 Å². The Kier molecular flexibility index (Phi) is 7.17. The number of amides is 2. The van der Waals surface area contributed by atoms with Gasteiger partial charge < -0.3 is 4.74 Å². The highest BCUT2D eigenvalue weighted by Crippen LogP contribution is 2.34. The van der Waals surface area contributed by atoms with Crippen molar-refractivity contribution in [1.82, 2.24) is 4.90 Å². The van der Waals surface area contributed by atoms with Crippen molar-refractivity contribution in [3.8, 4) is 5.75 Å². The van der Waals surface area contributed by atoms with E-state index in [-0.39, 0.29) is 23.5 Å². The molecule has 0 N–H and O–H groups in total. The maximum absolute atomic E-state index is 13.0. The van der Waals surface area contributed by atoms with Crippen molar-refractivity contribution >= 4 is 63.2 Å². The van der Waals surface area contributed by atoms with Gasteiger partial charge in [-0.2, -0.15) is 0 Å². The number of halogens is 3. The van der Waals surface area contributed by atoms with Crippen molar-refractivity contribution in [3.63, 3.8) is 0 Å². The zero-order chi connectivity index (χ0) is 22.7. The fraction of sp³-hybridized carbons (Fsp3) is 0.0833. The first-order chi connectivity index (χ1) is 15.4. The zero-order valence-corrected chi connectivity index (χ0v) is 20.3. The lowest BCUT2D eigenvalue weighted by Gasteiger charge is -2.12. The summed E-state index contributed by atoms with van der Waals surface area (Å²) in [4.78, 5) is 26.7. The largest absolute Gasteiger partial charge is 0.488 e. The van der Waals surface area contributed by atoms with E-state index in [9.17, 15) is 14.0 Å². The molecule has 2 amide bonds. The molecule has 1 heterocycles. The fourth-order valence-electron chi connectivity index (χ4n) is 3.03. The molecule has 1 fully saturated rings. The van der Waals surface area contributed by atoms with E-state index in [1.54, 1.807) is 42.5 Å². The van der Waals surface area contributed by atoms with E-state index in [2.05, 4.69) is 22.6 Å². The summed E-state index contributed by atoms with van der Waals surface area (Å²) in [6, 6.07) is 18.7. The van der Waals surface area contributed by atoms with Crippen LogP contribution in [-0.4, -0.2) is 16.0 Å². The minimum atomic E-state index is -0.318. The van der Waals surface area contributed by atoms with E-state index in [1.165, 1.54) is 17.0 Å². The van der Waals surface area contributed by atoms with Crippen LogP contribution in [0.15, 0.2) is 71.6 Å². The molecule has 1 aliphatic rings. The third-order valence-electron chi connectivity index (χ3n) is 4.69. The lowest BCUT2D eigenvalue weighted by Crippen LogP contribution is -2.27. The maximum atomic E-state index is 13.0. The molecule has 0 radical (unpaired) electrons. The van der Waals surface area contributed by atoms with E-state index in [0.29, 0.717) is 22.3 Å². The zero-order valence-electron chi connectivity index (χ0n) is 16.6. The molecule has 0 atom stereocenters. The van der Waals surface area contributed by atoms with E-state index < -0.39 is 0 Å². The van der Waals surface area contributed by atoms with Crippen molar-refractivity contribution in [1.29, 1.82) is 0 Å². The summed E-state index contributed by atoms with van der Waals surface area (Å²) in [5, 5.41) is 0.299. The molecule has 0 bridgehead atoms. The molecule has 3 aromatic rings. The van der Waals surface area contributed by atoms with Crippen molar-refractivity contribution in [2.75, 3.05) is 0 Å². The predicted molar refractivity (Wildman–Crippen MR) is 133 cm³/mol. The Morgan fingerprint density at radius 2 is 1.69 bits per heavy atom. The standard InChI is InChI=1S/C24H16ClFINO3S/c25-18-6-1-15(2-7-18)13-28-23(29)22(32-24(28)30)12-17-5-10-21(20(27)11-17)31-14-16-3-8-19(26)9-4-16/h1-12H,13-14H2/b22-12-. The van der Waals surface area contributed by atoms with Crippen LogP contribution in [0.2, 0.25) is 5.02 Å². The smallest absolute Gasteiger partial charge is 0.293 e. The highest BCUT2D eigenvalue weighted by molar-refractivity contribution is 14.1. The first-order valence-electron chi connectivity index (χ1n) is 9.55. The Morgan fingerprint density at radius 1 is 1.00 bits per heavy atom. The second-order valence-electron chi connectivity index (χ2n) is 7.00. The van der Waals surface area contributed by atoms with Crippen LogP contribution in [0.1, 0.15) is 16.7 Å². The number of carbonyl (C=O) groups is 2. The van der Waals surface area contributed by atoms with Gasteiger partial charge in [0.15, 0.2) is 0 Å². The van der Waals surface area contributed by atoms with Crippen LogP contribution in [0.25, 0.3) is 6.08 Å². The minimum Gasteiger partial charge on any atom is -0.488 e. The number of rotatable bonds is 6. The quantitative estimate of drug-likeness (QED) is 0.236. The number of hydrogen-bond acceptors (Lipinski definition) is 4. The summed E-state index contributed by atoms with van der Waals surface area (Å²) in [6.07, 6.45) is 1.71. The third kappa shape index (κ3) is 5.51. The summed E-state index contributed by atoms with van der Waals surface area (Å²) < 4.78 is 19.7. The second kappa shape index (κ2) is 10.1. The van der Waals surface area contributed by atoms with Crippen LogP contribution in [0.5, 0.6) is 5.75 Å². The van der Waals surface area contributed by atoms with Gasteiger partial charge in [-0.15, -0.1) is 0 Å². The van der Waals surface area contributed by atoms with Crippen LogP contribution in [0, 0.1) is 9.39 Å². The molecule has 0 aliphatic carbocycles. The summed E-state index contributed by atoms with van der Waals surface area (Å²) in [7, 11) is 0. The normalized spacial score (nSPS) is 15.0. The SMILES string of the molecule is O=C1S/C(=C\c2ccc(OCc3ccc(F)cc3)c(I)c2)C(=O)N1Cc1ccc(Cl)cc1. The Hall–Kier alpha value is -2.36. The molecule has 8 heteroatoms. The lowest BCUT2D eigenvalue weighted by atomic mass is 10.2. The van der Waals surface area contributed by atoms with Gasteiger partial charge in [0.1, 0.15) is 18.2 Å². The van der Waals surface area contributed by atoms with Crippen molar-refractivity contribution in [3.05, 3.63) is 103 Å². The molecular formula is C24H16ClFINO3S. The number of benzene rings is 3. The molecule has 1 aliphatic heterocycles. The van der Waals surface area contributed by atoms with Gasteiger partial charge in [0.05, 0.1) is 15.0 Å². The summed E-state index contributed by atoms with van der Waals surface area (Å²) in [6.45, 7) is 0.520. The van der Waals surface area contributed by atoms with Gasteiger partial charge in [0.2, 0.25) is 0 Å². The number of thioether (sulfide) groups is 1. The Balaban J connectivity index is 1.44. The van der Waals surface area contributed by atoms with E-state index in [4.69, 9.17) is 16.3 Å². The maximum Gasteiger partial charge on any atom is 0.293 e. The Labute approximate surface area is 207 Å². The number of hydrogen-bond donors (Lipinski definition) is 0. The summed E-state index contributed by atoms with van der Waals surface area (Å²) in [5.41, 5.74) is 2.48. The first-order valence-corrected chi connectivity index (χ1v) is 11.8. The van der Waals surface area contributed by atoms with E-state index >= 15 is 0 Å². The molecule has 1 saturated heterocycles. The van der Waals surface area contributed by atoms with Gasteiger partial charge in [-0.3, -0.25) is 14.5 Å². The van der Waals surface area contributed by atoms with Gasteiger partial charge in [0, 0.05) is 5.02 Å². The first kappa shape index (κ1) is 22.8. The van der Waals surface area contributed by atoms with Crippen molar-refractivity contribution < 1.29 is 18.7 Å². The Bertz CT molecular complexity index is 1200. The number of ether oxygens (including phenoxy) is 1. The molecule has 4 rings (SSSR count). The van der Waals surface area contributed by atoms with Gasteiger partial charge in [0.25, 0.3) is 11.1 Å². The average Bonchev–Trinajstić information content (AvgIpc) is 3.03. The predicted octanol–water partition coefficient (Wildman–Crippen LogP) is 6.90. The van der Waals surface area contributed by atoms with Crippen LogP contribution >= 0.6 is 46.0 Å². The highest BCUT2D eigenvalue weighted by atomic mass is 127. The molecule has 0 unspecified atom stereocenters. The highest BCUT2D eigenvalue weighted by Gasteiger charge is 2.35. The van der Waals surface area contributed by atoms with Crippen LogP contribution in [-0.2, 0) is 17.9 Å². The molecule has 0 aromatic heterocycles. The summed E-state index contributed by atoms with van der Waals surface area (Å²) >= 11 is 8.98. The molecule has 162 valence electrons. The molecule has 3 aromatic carbocycles. The van der Waals surface area contributed by atoms with E-state index in [1.807, 2.05) is 18.2 Å². The minimum absolute atomic E-state index is 0.201. The topological polar surface area (TPSA) is 46.6 Å². The summed E-state index contributed by atoms with van der Waals surface area (Å²) in [5.74, 6) is 0.0785. The molecule has 32 heavy (non-hydrogen) atoms. The molecule has 0 saturated carbocycles. The van der Waals surface area contributed by atoms with Crippen LogP contribution < -0.4 is 4.74 Å². The monoisotopic (exact) mass is 579 g/mol. The molecule has 4 nitrogen and oxygen atoms in total. The van der Waals surface area contributed by atoms with Gasteiger partial charge >= 0.3 is 0 Å². The molecular weight excluding hydrogens is 564 g/mol. The Morgan fingerprint density at radius 3 is 2.38 bits per heavy atom. The second-order valence-corrected chi connectivity index (χ2v) is 9.59. The number of carbonyl (C=O) groups excluding carboxylic acids is 2. The number of imide groups is 1. The van der Waals surface area contributed by atoms with Crippen LogP contribution in [0.3, 0.4) is 0 Å². The lowest BCUT2D eigenvalue weighted by molar-refractivity contribution is -0.123. The van der Waals surface area contributed by atoms with Crippen molar-refractivity contribution in [2.45, 2.75) is 13.2 Å². The average molecular weight is 580 g/mol. The van der Waals surface area contributed by atoms with Crippen molar-refractivity contribution in [2.24, 2.45) is 0 Å². The molecule has 0 spiro atoms. The van der Waals surface area contributed by atoms with E-state index in [0.717, 1.165) is 32.0 Å². The van der Waals surface area contributed by atoms with Gasteiger partial charge in [-0.1, -0.05) is 41.9 Å². The van der Waals surface area contributed by atoms with Crippen LogP contribution in [0.4, 0.5) is 9.18 Å². The fourth-order valence-corrected chi connectivity index (χ4v) is 4.69. The van der Waals surface area contributed by atoms with Gasteiger partial charge in [-0.25, -0.2) is 4.39 Å².